The van der Waals surface area contributed by atoms with Crippen LogP contribution in [0.3, 0.4) is 0 Å². The zero-order chi connectivity index (χ0) is 19.9. The van der Waals surface area contributed by atoms with Crippen molar-refractivity contribution < 1.29 is 9.53 Å². The average Bonchev–Trinajstić information content (AvgIpc) is 2.73. The van der Waals surface area contributed by atoms with Crippen LogP contribution in [-0.4, -0.2) is 62.2 Å². The monoisotopic (exact) mass is 382 g/mol. The van der Waals surface area contributed by atoms with Crippen molar-refractivity contribution in [3.05, 3.63) is 53.3 Å². The van der Waals surface area contributed by atoms with Crippen molar-refractivity contribution in [2.45, 2.75) is 20.3 Å². The highest BCUT2D eigenvalue weighted by Crippen LogP contribution is 2.24. The second-order valence-corrected chi connectivity index (χ2v) is 7.20. The summed E-state index contributed by atoms with van der Waals surface area (Å²) in [6.45, 7) is 8.96. The zero-order valence-electron chi connectivity index (χ0n) is 17.1. The number of hydrogen-bond donors (Lipinski definition) is 1. The summed E-state index contributed by atoms with van der Waals surface area (Å²) in [5.74, 6) is 0.00606. The van der Waals surface area contributed by atoms with Crippen LogP contribution in [0, 0.1) is 13.8 Å². The van der Waals surface area contributed by atoms with Gasteiger partial charge in [-0.3, -0.25) is 4.79 Å². The molecule has 1 fully saturated rings. The number of amides is 1. The lowest BCUT2D eigenvalue weighted by molar-refractivity contribution is 0.0741. The summed E-state index contributed by atoms with van der Waals surface area (Å²) in [4.78, 5) is 21.4. The number of nitrogens with one attached hydrogen (secondary N) is 1. The lowest BCUT2D eigenvalue weighted by atomic mass is 10.1. The van der Waals surface area contributed by atoms with Crippen LogP contribution in [0.25, 0.3) is 0 Å². The van der Waals surface area contributed by atoms with Gasteiger partial charge >= 0.3 is 0 Å². The maximum atomic E-state index is 12.8. The van der Waals surface area contributed by atoms with Crippen molar-refractivity contribution in [2.24, 2.45) is 0 Å². The molecule has 1 amide bonds. The molecule has 0 radical (unpaired) electrons. The van der Waals surface area contributed by atoms with Crippen LogP contribution >= 0.6 is 0 Å². The normalized spacial score (nSPS) is 14.2. The Balaban J connectivity index is 1.54. The third kappa shape index (κ3) is 4.81. The van der Waals surface area contributed by atoms with Gasteiger partial charge in [0.05, 0.1) is 11.9 Å². The van der Waals surface area contributed by atoms with Gasteiger partial charge in [-0.25, -0.2) is 4.98 Å². The van der Waals surface area contributed by atoms with Gasteiger partial charge in [-0.05, 0) is 49.6 Å². The van der Waals surface area contributed by atoms with Crippen molar-refractivity contribution in [1.29, 1.82) is 0 Å². The van der Waals surface area contributed by atoms with Crippen LogP contribution in [-0.2, 0) is 4.74 Å². The molecule has 1 aliphatic rings. The summed E-state index contributed by atoms with van der Waals surface area (Å²) in [6, 6.07) is 10.1. The Labute approximate surface area is 167 Å². The number of benzene rings is 1. The third-order valence-electron chi connectivity index (χ3n) is 5.32. The van der Waals surface area contributed by atoms with Gasteiger partial charge in [-0.1, -0.05) is 12.1 Å². The standard InChI is InChI=1S/C22H30N4O2/c1-17-6-4-7-21(18(17)2)25-11-13-26(14-12-25)22(27)20-9-8-19(16-24-20)23-10-5-15-28-3/h4,6-9,16,23H,5,10-15H2,1-3H3. The van der Waals surface area contributed by atoms with E-state index in [0.717, 1.165) is 38.3 Å². The van der Waals surface area contributed by atoms with Gasteiger partial charge < -0.3 is 19.9 Å². The minimum absolute atomic E-state index is 0.00606. The molecule has 6 nitrogen and oxygen atoms in total. The first-order valence-electron chi connectivity index (χ1n) is 9.89. The van der Waals surface area contributed by atoms with Crippen LogP contribution in [0.2, 0.25) is 0 Å². The number of nitrogens with zero attached hydrogens (tertiary/aromatic N) is 3. The SMILES string of the molecule is COCCCNc1ccc(C(=O)N2CCN(c3cccc(C)c3C)CC2)nc1. The van der Waals surface area contributed by atoms with E-state index in [1.54, 1.807) is 19.4 Å². The van der Waals surface area contributed by atoms with Crippen LogP contribution in [0.5, 0.6) is 0 Å². The topological polar surface area (TPSA) is 57.7 Å². The summed E-state index contributed by atoms with van der Waals surface area (Å²) in [6.07, 6.45) is 2.66. The first kappa shape index (κ1) is 20.1. The Morgan fingerprint density at radius 2 is 1.93 bits per heavy atom. The highest BCUT2D eigenvalue weighted by atomic mass is 16.5. The van der Waals surface area contributed by atoms with E-state index in [9.17, 15) is 4.79 Å². The van der Waals surface area contributed by atoms with Gasteiger partial charge in [0, 0.05) is 52.1 Å². The smallest absolute Gasteiger partial charge is 0.272 e. The highest BCUT2D eigenvalue weighted by Gasteiger charge is 2.23. The van der Waals surface area contributed by atoms with E-state index < -0.39 is 0 Å². The molecule has 0 unspecified atom stereocenters. The number of hydrogen-bond acceptors (Lipinski definition) is 5. The predicted octanol–water partition coefficient (Wildman–Crippen LogP) is 3.11. The molecule has 1 aromatic carbocycles. The molecule has 0 saturated carbocycles. The number of methoxy groups -OCH3 is 1. The number of aryl methyl sites for hydroxylation is 1. The summed E-state index contributed by atoms with van der Waals surface area (Å²) in [5.41, 5.74) is 5.32. The third-order valence-corrected chi connectivity index (χ3v) is 5.32. The van der Waals surface area contributed by atoms with Crippen molar-refractivity contribution in [2.75, 3.05) is 56.7 Å². The maximum Gasteiger partial charge on any atom is 0.272 e. The molecule has 1 aliphatic heterocycles. The Morgan fingerprint density at radius 3 is 2.61 bits per heavy atom. The molecule has 0 aliphatic carbocycles. The number of pyridine rings is 1. The number of carbonyl (C=O) groups is 1. The van der Waals surface area contributed by atoms with E-state index in [4.69, 9.17) is 4.74 Å². The van der Waals surface area contributed by atoms with E-state index in [1.165, 1.54) is 16.8 Å². The first-order valence-corrected chi connectivity index (χ1v) is 9.89. The molecule has 0 bridgehead atoms. The molecule has 1 saturated heterocycles. The van der Waals surface area contributed by atoms with Gasteiger partial charge in [-0.15, -0.1) is 0 Å². The Bertz CT molecular complexity index is 784. The molecule has 28 heavy (non-hydrogen) atoms. The highest BCUT2D eigenvalue weighted by molar-refractivity contribution is 5.92. The van der Waals surface area contributed by atoms with E-state index in [-0.39, 0.29) is 5.91 Å². The van der Waals surface area contributed by atoms with E-state index >= 15 is 0 Å². The molecular formula is C22H30N4O2. The molecule has 150 valence electrons. The van der Waals surface area contributed by atoms with Gasteiger partial charge in [0.2, 0.25) is 0 Å². The lowest BCUT2D eigenvalue weighted by Gasteiger charge is -2.37. The Morgan fingerprint density at radius 1 is 1.14 bits per heavy atom. The number of anilines is 2. The Kier molecular flexibility index (Phi) is 6.87. The molecule has 2 aromatic rings. The predicted molar refractivity (Wildman–Crippen MR) is 113 cm³/mol. The quantitative estimate of drug-likeness (QED) is 0.746. The van der Waals surface area contributed by atoms with Crippen molar-refractivity contribution in [3.8, 4) is 0 Å². The zero-order valence-corrected chi connectivity index (χ0v) is 17.1. The van der Waals surface area contributed by atoms with E-state index in [1.807, 2.05) is 11.0 Å². The molecule has 6 heteroatoms. The minimum atomic E-state index is 0.00606. The van der Waals surface area contributed by atoms with Crippen LogP contribution in [0.1, 0.15) is 28.0 Å². The summed E-state index contributed by atoms with van der Waals surface area (Å²) in [7, 11) is 1.70. The van der Waals surface area contributed by atoms with Crippen molar-refractivity contribution in [3.63, 3.8) is 0 Å². The van der Waals surface area contributed by atoms with E-state index in [2.05, 4.69) is 47.2 Å². The number of rotatable bonds is 7. The fourth-order valence-corrected chi connectivity index (χ4v) is 3.46. The molecule has 1 aromatic heterocycles. The fraction of sp³-hybridized carbons (Fsp3) is 0.455. The molecule has 0 atom stereocenters. The number of carbonyl (C=O) groups excluding carboxylic acids is 1. The van der Waals surface area contributed by atoms with Gasteiger partial charge in [0.1, 0.15) is 5.69 Å². The molecular weight excluding hydrogens is 352 g/mol. The largest absolute Gasteiger partial charge is 0.385 e. The van der Waals surface area contributed by atoms with Crippen LogP contribution in [0.15, 0.2) is 36.5 Å². The van der Waals surface area contributed by atoms with Crippen molar-refractivity contribution in [1.82, 2.24) is 9.88 Å². The molecule has 2 heterocycles. The number of ether oxygens (including phenoxy) is 1. The Hall–Kier alpha value is -2.60. The van der Waals surface area contributed by atoms with Crippen molar-refractivity contribution >= 4 is 17.3 Å². The number of piperazine rings is 1. The maximum absolute atomic E-state index is 12.8. The second kappa shape index (κ2) is 9.55. The van der Waals surface area contributed by atoms with Gasteiger partial charge in [-0.2, -0.15) is 0 Å². The molecule has 3 rings (SSSR count). The van der Waals surface area contributed by atoms with Crippen LogP contribution < -0.4 is 10.2 Å². The number of aromatic nitrogens is 1. The minimum Gasteiger partial charge on any atom is -0.385 e. The summed E-state index contributed by atoms with van der Waals surface area (Å²) < 4.78 is 5.04. The average molecular weight is 383 g/mol. The summed E-state index contributed by atoms with van der Waals surface area (Å²) in [5, 5.41) is 3.28. The van der Waals surface area contributed by atoms with Crippen LogP contribution in [0.4, 0.5) is 11.4 Å². The first-order chi connectivity index (χ1) is 13.6. The van der Waals surface area contributed by atoms with Gasteiger partial charge in [0.15, 0.2) is 0 Å². The fourth-order valence-electron chi connectivity index (χ4n) is 3.46. The lowest BCUT2D eigenvalue weighted by Crippen LogP contribution is -2.49. The van der Waals surface area contributed by atoms with E-state index in [0.29, 0.717) is 18.8 Å². The van der Waals surface area contributed by atoms with Gasteiger partial charge in [0.25, 0.3) is 5.91 Å². The second-order valence-electron chi connectivity index (χ2n) is 7.20. The summed E-state index contributed by atoms with van der Waals surface area (Å²) >= 11 is 0. The molecule has 1 N–H and O–H groups in total. The molecule has 0 spiro atoms.